The average Bonchev–Trinajstić information content (AvgIpc) is 2.71. The van der Waals surface area contributed by atoms with Crippen LogP contribution in [-0.4, -0.2) is 20.7 Å². The maximum absolute atomic E-state index is 12.8. The van der Waals surface area contributed by atoms with Crippen LogP contribution in [0, 0.1) is 11.3 Å². The maximum atomic E-state index is 12.8. The standard InChI is InChI=1S/C21H20N4O2S/c1-3-12-25-20(27)17-6-4-5-7-18(17)24-21(25)28-14(2)19(26)23-16-10-8-15(13-22)9-11-16/h4-11,14H,3,12H2,1-2H3,(H,23,26)/t14-/m1/s1. The summed E-state index contributed by atoms with van der Waals surface area (Å²) < 4.78 is 1.64. The number of amides is 1. The number of anilines is 1. The lowest BCUT2D eigenvalue weighted by Crippen LogP contribution is -2.27. The molecule has 142 valence electrons. The van der Waals surface area contributed by atoms with Crippen LogP contribution in [0.2, 0.25) is 0 Å². The Kier molecular flexibility index (Phi) is 6.12. The van der Waals surface area contributed by atoms with Gasteiger partial charge in [0.15, 0.2) is 5.16 Å². The molecule has 1 amide bonds. The van der Waals surface area contributed by atoms with Crippen molar-refractivity contribution in [3.8, 4) is 6.07 Å². The smallest absolute Gasteiger partial charge is 0.262 e. The minimum absolute atomic E-state index is 0.0883. The van der Waals surface area contributed by atoms with Crippen molar-refractivity contribution in [3.05, 3.63) is 64.4 Å². The first-order valence-electron chi connectivity index (χ1n) is 9.00. The first-order valence-corrected chi connectivity index (χ1v) is 9.88. The van der Waals surface area contributed by atoms with E-state index in [4.69, 9.17) is 5.26 Å². The van der Waals surface area contributed by atoms with Gasteiger partial charge in [0, 0.05) is 12.2 Å². The quantitative estimate of drug-likeness (QED) is 0.509. The van der Waals surface area contributed by atoms with Gasteiger partial charge in [-0.1, -0.05) is 30.8 Å². The molecule has 3 aromatic rings. The number of nitriles is 1. The fourth-order valence-corrected chi connectivity index (χ4v) is 3.68. The topological polar surface area (TPSA) is 87.8 Å². The zero-order chi connectivity index (χ0) is 20.1. The van der Waals surface area contributed by atoms with Gasteiger partial charge in [-0.15, -0.1) is 0 Å². The van der Waals surface area contributed by atoms with Crippen molar-refractivity contribution < 1.29 is 4.79 Å². The number of para-hydroxylation sites is 1. The van der Waals surface area contributed by atoms with E-state index in [1.165, 1.54) is 11.8 Å². The lowest BCUT2D eigenvalue weighted by molar-refractivity contribution is -0.115. The first-order chi connectivity index (χ1) is 13.5. The second-order valence-electron chi connectivity index (χ2n) is 6.31. The molecule has 0 aliphatic carbocycles. The summed E-state index contributed by atoms with van der Waals surface area (Å²) in [6, 6.07) is 16.0. The van der Waals surface area contributed by atoms with E-state index in [-0.39, 0.29) is 11.5 Å². The Balaban J connectivity index is 1.84. The average molecular weight is 392 g/mol. The van der Waals surface area contributed by atoms with E-state index in [0.29, 0.717) is 33.9 Å². The summed E-state index contributed by atoms with van der Waals surface area (Å²) in [5.41, 5.74) is 1.69. The first kappa shape index (κ1) is 19.6. The van der Waals surface area contributed by atoms with E-state index in [1.807, 2.05) is 25.1 Å². The van der Waals surface area contributed by atoms with Crippen molar-refractivity contribution in [2.24, 2.45) is 0 Å². The summed E-state index contributed by atoms with van der Waals surface area (Å²) in [7, 11) is 0. The predicted molar refractivity (Wildman–Crippen MR) is 111 cm³/mol. The van der Waals surface area contributed by atoms with E-state index in [9.17, 15) is 9.59 Å². The van der Waals surface area contributed by atoms with Gasteiger partial charge in [0.05, 0.1) is 27.8 Å². The highest BCUT2D eigenvalue weighted by molar-refractivity contribution is 8.00. The number of benzene rings is 2. The van der Waals surface area contributed by atoms with Gasteiger partial charge in [0.25, 0.3) is 5.56 Å². The molecule has 0 saturated heterocycles. The fourth-order valence-electron chi connectivity index (χ4n) is 2.74. The van der Waals surface area contributed by atoms with Crippen molar-refractivity contribution in [2.45, 2.75) is 37.2 Å². The molecular formula is C21H20N4O2S. The van der Waals surface area contributed by atoms with Crippen LogP contribution in [-0.2, 0) is 11.3 Å². The van der Waals surface area contributed by atoms with E-state index < -0.39 is 5.25 Å². The van der Waals surface area contributed by atoms with Crippen LogP contribution < -0.4 is 10.9 Å². The molecule has 7 heteroatoms. The van der Waals surface area contributed by atoms with Crippen LogP contribution in [0.3, 0.4) is 0 Å². The number of fused-ring (bicyclic) bond motifs is 1. The Hall–Kier alpha value is -3.11. The molecule has 0 radical (unpaired) electrons. The van der Waals surface area contributed by atoms with Crippen LogP contribution in [0.4, 0.5) is 5.69 Å². The number of carbonyl (C=O) groups excluding carboxylic acids is 1. The Labute approximate surface area is 167 Å². The molecule has 0 fully saturated rings. The predicted octanol–water partition coefficient (Wildman–Crippen LogP) is 3.80. The number of hydrogen-bond acceptors (Lipinski definition) is 5. The molecule has 1 heterocycles. The van der Waals surface area contributed by atoms with Crippen molar-refractivity contribution >= 4 is 34.3 Å². The monoisotopic (exact) mass is 392 g/mol. The van der Waals surface area contributed by atoms with Crippen LogP contribution in [0.15, 0.2) is 58.5 Å². The molecule has 0 spiro atoms. The van der Waals surface area contributed by atoms with Gasteiger partial charge in [0.1, 0.15) is 0 Å². The number of carbonyl (C=O) groups is 1. The molecule has 3 rings (SSSR count). The number of hydrogen-bond donors (Lipinski definition) is 1. The van der Waals surface area contributed by atoms with Crippen LogP contribution >= 0.6 is 11.8 Å². The molecule has 1 N–H and O–H groups in total. The van der Waals surface area contributed by atoms with Crippen LogP contribution in [0.5, 0.6) is 0 Å². The lowest BCUT2D eigenvalue weighted by atomic mass is 10.2. The van der Waals surface area contributed by atoms with Gasteiger partial charge in [0.2, 0.25) is 5.91 Å². The Bertz CT molecular complexity index is 1100. The summed E-state index contributed by atoms with van der Waals surface area (Å²) >= 11 is 1.26. The van der Waals surface area contributed by atoms with E-state index in [2.05, 4.69) is 10.3 Å². The fraction of sp³-hybridized carbons (Fsp3) is 0.238. The maximum Gasteiger partial charge on any atom is 0.262 e. The van der Waals surface area contributed by atoms with Gasteiger partial charge in [-0.3, -0.25) is 14.2 Å². The normalized spacial score (nSPS) is 11.8. The molecule has 2 aromatic carbocycles. The van der Waals surface area contributed by atoms with Gasteiger partial charge >= 0.3 is 0 Å². The number of nitrogens with zero attached hydrogens (tertiary/aromatic N) is 3. The van der Waals surface area contributed by atoms with Gasteiger partial charge in [-0.2, -0.15) is 5.26 Å². The summed E-state index contributed by atoms with van der Waals surface area (Å²) in [6.07, 6.45) is 0.791. The number of rotatable bonds is 6. The molecule has 6 nitrogen and oxygen atoms in total. The second-order valence-corrected chi connectivity index (χ2v) is 7.61. The largest absolute Gasteiger partial charge is 0.325 e. The molecule has 1 atom stereocenters. The molecule has 0 aliphatic heterocycles. The SMILES string of the molecule is CCCn1c(S[C@H](C)C(=O)Nc2ccc(C#N)cc2)nc2ccccc2c1=O. The molecule has 28 heavy (non-hydrogen) atoms. The van der Waals surface area contributed by atoms with E-state index in [1.54, 1.807) is 47.9 Å². The molecule has 0 aliphatic rings. The van der Waals surface area contributed by atoms with Gasteiger partial charge < -0.3 is 5.32 Å². The minimum Gasteiger partial charge on any atom is -0.325 e. The minimum atomic E-state index is -0.452. The van der Waals surface area contributed by atoms with Crippen molar-refractivity contribution in [3.63, 3.8) is 0 Å². The summed E-state index contributed by atoms with van der Waals surface area (Å²) in [5.74, 6) is -0.194. The summed E-state index contributed by atoms with van der Waals surface area (Å²) in [4.78, 5) is 30.0. The van der Waals surface area contributed by atoms with Crippen molar-refractivity contribution in [1.82, 2.24) is 9.55 Å². The molecular weight excluding hydrogens is 372 g/mol. The molecule has 1 aromatic heterocycles. The molecule has 0 unspecified atom stereocenters. The number of nitrogens with one attached hydrogen (secondary N) is 1. The number of aromatic nitrogens is 2. The highest BCUT2D eigenvalue weighted by Crippen LogP contribution is 2.24. The lowest BCUT2D eigenvalue weighted by Gasteiger charge is -2.16. The Morgan fingerprint density at radius 1 is 1.25 bits per heavy atom. The summed E-state index contributed by atoms with van der Waals surface area (Å²) in [5, 5.41) is 12.3. The van der Waals surface area contributed by atoms with Crippen LogP contribution in [0.1, 0.15) is 25.8 Å². The third-order valence-corrected chi connectivity index (χ3v) is 5.30. The van der Waals surface area contributed by atoms with Crippen molar-refractivity contribution in [2.75, 3.05) is 5.32 Å². The molecule has 0 saturated carbocycles. The van der Waals surface area contributed by atoms with E-state index >= 15 is 0 Å². The Morgan fingerprint density at radius 2 is 1.96 bits per heavy atom. The highest BCUT2D eigenvalue weighted by atomic mass is 32.2. The van der Waals surface area contributed by atoms with Gasteiger partial charge in [-0.05, 0) is 49.7 Å². The molecule has 0 bridgehead atoms. The van der Waals surface area contributed by atoms with Gasteiger partial charge in [-0.25, -0.2) is 4.98 Å². The zero-order valence-electron chi connectivity index (χ0n) is 15.7. The Morgan fingerprint density at radius 3 is 2.64 bits per heavy atom. The summed E-state index contributed by atoms with van der Waals surface area (Å²) in [6.45, 7) is 4.32. The van der Waals surface area contributed by atoms with Crippen LogP contribution in [0.25, 0.3) is 10.9 Å². The number of thioether (sulfide) groups is 1. The third-order valence-electron chi connectivity index (χ3n) is 4.21. The third kappa shape index (κ3) is 4.24. The zero-order valence-corrected chi connectivity index (χ0v) is 16.5. The van der Waals surface area contributed by atoms with E-state index in [0.717, 1.165) is 6.42 Å². The van der Waals surface area contributed by atoms with Crippen molar-refractivity contribution in [1.29, 1.82) is 5.26 Å². The second kappa shape index (κ2) is 8.72. The highest BCUT2D eigenvalue weighted by Gasteiger charge is 2.19.